The first-order valence-electron chi connectivity index (χ1n) is 5.85. The van der Waals surface area contributed by atoms with Crippen molar-refractivity contribution in [3.05, 3.63) is 0 Å². The molecule has 108 valence electrons. The Balaban J connectivity index is 2.50. The molecule has 2 unspecified atom stereocenters. The fourth-order valence-corrected chi connectivity index (χ4v) is 1.62. The van der Waals surface area contributed by atoms with Gasteiger partial charge in [0.2, 0.25) is 5.91 Å². The maximum Gasteiger partial charge on any atom is 0.317 e. The Labute approximate surface area is 111 Å². The molecule has 0 aromatic rings. The second-order valence-corrected chi connectivity index (χ2v) is 4.68. The van der Waals surface area contributed by atoms with Crippen molar-refractivity contribution in [2.75, 3.05) is 40.9 Å². The number of hydrogen-bond acceptors (Lipinski definition) is 4. The molecule has 1 fully saturated rings. The molecule has 0 aromatic heterocycles. The number of carboxylic acids is 1. The maximum absolute atomic E-state index is 11.8. The van der Waals surface area contributed by atoms with Crippen molar-refractivity contribution in [1.82, 2.24) is 15.1 Å². The number of carbonyl (C=O) groups excluding carboxylic acids is 2. The average Bonchev–Trinajstić information content (AvgIpc) is 2.76. The molecule has 0 aromatic carbocycles. The summed E-state index contributed by atoms with van der Waals surface area (Å²) in [7, 11) is 4.67. The molecule has 1 aliphatic heterocycles. The molecule has 0 saturated carbocycles. The largest absolute Gasteiger partial charge is 0.481 e. The summed E-state index contributed by atoms with van der Waals surface area (Å²) in [5, 5.41) is 11.5. The van der Waals surface area contributed by atoms with Gasteiger partial charge in [-0.05, 0) is 0 Å². The third kappa shape index (κ3) is 4.09. The lowest BCUT2D eigenvalue weighted by molar-refractivity contribution is -0.142. The molecular formula is C11H19N3O5. The first-order valence-corrected chi connectivity index (χ1v) is 5.85. The summed E-state index contributed by atoms with van der Waals surface area (Å²) in [6, 6.07) is -1.06. The normalized spacial score (nSPS) is 21.8. The van der Waals surface area contributed by atoms with E-state index in [0.29, 0.717) is 0 Å². The average molecular weight is 273 g/mol. The predicted molar refractivity (Wildman–Crippen MR) is 65.6 cm³/mol. The minimum atomic E-state index is -1.00. The summed E-state index contributed by atoms with van der Waals surface area (Å²) < 4.78 is 5.04. The Morgan fingerprint density at radius 1 is 1.26 bits per heavy atom. The number of nitrogens with one attached hydrogen (secondary N) is 1. The quantitative estimate of drug-likeness (QED) is 0.671. The van der Waals surface area contributed by atoms with E-state index in [1.165, 1.54) is 16.8 Å². The van der Waals surface area contributed by atoms with E-state index in [9.17, 15) is 14.4 Å². The van der Waals surface area contributed by atoms with Gasteiger partial charge >= 0.3 is 12.0 Å². The van der Waals surface area contributed by atoms with E-state index in [4.69, 9.17) is 9.84 Å². The highest BCUT2D eigenvalue weighted by Crippen LogP contribution is 2.14. The molecule has 1 saturated heterocycles. The number of likely N-dealkylation sites (N-methyl/N-ethyl adjacent to an activating group) is 2. The minimum Gasteiger partial charge on any atom is -0.481 e. The number of ether oxygens (including phenoxy) is 1. The van der Waals surface area contributed by atoms with Gasteiger partial charge in [0, 0.05) is 21.1 Å². The van der Waals surface area contributed by atoms with Gasteiger partial charge < -0.3 is 25.0 Å². The summed E-state index contributed by atoms with van der Waals surface area (Å²) >= 11 is 0. The van der Waals surface area contributed by atoms with Gasteiger partial charge in [0.05, 0.1) is 19.3 Å². The highest BCUT2D eigenvalue weighted by atomic mass is 16.5. The molecule has 8 heteroatoms. The van der Waals surface area contributed by atoms with E-state index >= 15 is 0 Å². The number of rotatable bonds is 4. The van der Waals surface area contributed by atoms with E-state index in [2.05, 4.69) is 5.32 Å². The van der Waals surface area contributed by atoms with Crippen LogP contribution in [0.1, 0.15) is 0 Å². The molecule has 0 radical (unpaired) electrons. The molecule has 0 bridgehead atoms. The Morgan fingerprint density at radius 2 is 1.89 bits per heavy atom. The molecule has 1 rings (SSSR count). The molecule has 1 aliphatic rings. The van der Waals surface area contributed by atoms with Gasteiger partial charge in [0.1, 0.15) is 12.5 Å². The smallest absolute Gasteiger partial charge is 0.317 e. The fraction of sp³-hybridized carbons (Fsp3) is 0.727. The Kier molecular flexibility index (Phi) is 5.11. The summed E-state index contributed by atoms with van der Waals surface area (Å²) in [5.74, 6) is -1.97. The topological polar surface area (TPSA) is 99.2 Å². The summed E-state index contributed by atoms with van der Waals surface area (Å²) in [6.45, 7) is 0.183. The lowest BCUT2D eigenvalue weighted by Crippen LogP contribution is -2.49. The van der Waals surface area contributed by atoms with Gasteiger partial charge in [0.25, 0.3) is 0 Å². The molecule has 1 heterocycles. The number of nitrogens with zero attached hydrogens (tertiary/aromatic N) is 2. The molecule has 3 amide bonds. The summed E-state index contributed by atoms with van der Waals surface area (Å²) in [6.07, 6.45) is 0. The van der Waals surface area contributed by atoms with Gasteiger partial charge in [-0.25, -0.2) is 4.79 Å². The van der Waals surface area contributed by atoms with Crippen LogP contribution in [0.5, 0.6) is 0 Å². The van der Waals surface area contributed by atoms with Crippen LogP contribution >= 0.6 is 0 Å². The van der Waals surface area contributed by atoms with E-state index in [1.807, 2.05) is 0 Å². The van der Waals surface area contributed by atoms with E-state index in [-0.39, 0.29) is 25.7 Å². The first-order chi connectivity index (χ1) is 8.82. The maximum atomic E-state index is 11.8. The molecule has 19 heavy (non-hydrogen) atoms. The zero-order chi connectivity index (χ0) is 14.6. The number of aliphatic carboxylic acids is 1. The van der Waals surface area contributed by atoms with Crippen LogP contribution in [0.15, 0.2) is 0 Å². The number of hydrogen-bond donors (Lipinski definition) is 2. The van der Waals surface area contributed by atoms with Crippen molar-refractivity contribution in [2.45, 2.75) is 6.04 Å². The molecule has 2 N–H and O–H groups in total. The Bertz CT molecular complexity index is 371. The van der Waals surface area contributed by atoms with Crippen LogP contribution < -0.4 is 5.32 Å². The predicted octanol–water partition coefficient (Wildman–Crippen LogP) is -1.18. The van der Waals surface area contributed by atoms with Gasteiger partial charge in [0.15, 0.2) is 0 Å². The van der Waals surface area contributed by atoms with Crippen LogP contribution in [0, 0.1) is 5.92 Å². The number of urea groups is 1. The molecule has 2 atom stereocenters. The fourth-order valence-electron chi connectivity index (χ4n) is 1.62. The van der Waals surface area contributed by atoms with E-state index < -0.39 is 24.0 Å². The number of carbonyl (C=O) groups is 3. The van der Waals surface area contributed by atoms with Crippen LogP contribution in [0.25, 0.3) is 0 Å². The zero-order valence-corrected chi connectivity index (χ0v) is 11.3. The van der Waals surface area contributed by atoms with Crippen molar-refractivity contribution >= 4 is 17.9 Å². The second kappa shape index (κ2) is 6.37. The van der Waals surface area contributed by atoms with Crippen LogP contribution in [0.4, 0.5) is 4.79 Å². The highest BCUT2D eigenvalue weighted by Gasteiger charge is 2.35. The van der Waals surface area contributed by atoms with Gasteiger partial charge in [-0.15, -0.1) is 0 Å². The van der Waals surface area contributed by atoms with Crippen LogP contribution in [0.2, 0.25) is 0 Å². The van der Waals surface area contributed by atoms with E-state index in [1.54, 1.807) is 14.1 Å². The van der Waals surface area contributed by atoms with Gasteiger partial charge in [-0.2, -0.15) is 0 Å². The van der Waals surface area contributed by atoms with Crippen LogP contribution in [-0.4, -0.2) is 79.8 Å². The third-order valence-electron chi connectivity index (χ3n) is 2.92. The molecule has 0 spiro atoms. The monoisotopic (exact) mass is 273 g/mol. The number of carboxylic acid groups (broad SMARTS) is 1. The highest BCUT2D eigenvalue weighted by molar-refractivity contribution is 5.84. The third-order valence-corrected chi connectivity index (χ3v) is 2.92. The van der Waals surface area contributed by atoms with Crippen molar-refractivity contribution < 1.29 is 24.2 Å². The van der Waals surface area contributed by atoms with Gasteiger partial charge in [-0.1, -0.05) is 0 Å². The van der Waals surface area contributed by atoms with Crippen molar-refractivity contribution in [3.8, 4) is 0 Å². The standard InChI is InChI=1S/C11H19N3O5/c1-13(2)9(15)4-14(3)11(18)12-8-6-19-5-7(8)10(16)17/h7-8H,4-6H2,1-3H3,(H,12,18)(H,16,17). The van der Waals surface area contributed by atoms with E-state index in [0.717, 1.165) is 0 Å². The zero-order valence-electron chi connectivity index (χ0n) is 11.3. The Morgan fingerprint density at radius 3 is 2.42 bits per heavy atom. The summed E-state index contributed by atoms with van der Waals surface area (Å²) in [5.41, 5.74) is 0. The summed E-state index contributed by atoms with van der Waals surface area (Å²) in [4.78, 5) is 36.8. The van der Waals surface area contributed by atoms with Crippen molar-refractivity contribution in [3.63, 3.8) is 0 Å². The number of amides is 3. The van der Waals surface area contributed by atoms with Crippen LogP contribution in [0.3, 0.4) is 0 Å². The van der Waals surface area contributed by atoms with Gasteiger partial charge in [-0.3, -0.25) is 9.59 Å². The molecule has 8 nitrogen and oxygen atoms in total. The lowest BCUT2D eigenvalue weighted by atomic mass is 10.0. The SMILES string of the molecule is CN(C)C(=O)CN(C)C(=O)NC1COCC1C(=O)O. The van der Waals surface area contributed by atoms with Crippen molar-refractivity contribution in [1.29, 1.82) is 0 Å². The Hall–Kier alpha value is -1.83. The minimum absolute atomic E-state index is 0.0653. The first kappa shape index (κ1) is 15.2. The van der Waals surface area contributed by atoms with Crippen molar-refractivity contribution in [2.24, 2.45) is 5.92 Å². The second-order valence-electron chi connectivity index (χ2n) is 4.68. The molecular weight excluding hydrogens is 254 g/mol. The molecule has 0 aliphatic carbocycles. The lowest BCUT2D eigenvalue weighted by Gasteiger charge is -2.23. The van der Waals surface area contributed by atoms with Crippen LogP contribution in [-0.2, 0) is 14.3 Å².